The van der Waals surface area contributed by atoms with E-state index in [0.29, 0.717) is 25.5 Å². The minimum atomic E-state index is -6.28. The second-order valence-electron chi connectivity index (χ2n) is 9.95. The molecule has 0 spiro atoms. The van der Waals surface area contributed by atoms with Gasteiger partial charge in [0, 0.05) is 12.5 Å². The summed E-state index contributed by atoms with van der Waals surface area (Å²) in [7, 11) is -11.2. The number of halogens is 3. The topological polar surface area (TPSA) is 124 Å². The lowest BCUT2D eigenvalue weighted by Crippen LogP contribution is -2.50. The molecule has 0 aromatic rings. The number of fused-ring (bicyclic) bond motifs is 2. The Labute approximate surface area is 222 Å². The molecule has 3 rings (SSSR count). The number of esters is 1. The Balaban J connectivity index is 0.000000273. The maximum absolute atomic E-state index is 12.6. The standard InChI is InChI=1S/C14H24O3.C10H12F3NO5S2/c1-11(2)14(15)17-12(3)16-10-9-13-7-5-4-6-8-13;1-6(15)14(21(18,19)10(11,12)13)20(16,17)9-5-7-2-3-8(9)4-7/h12-13H,1,4-10H2,2-3H3;2-3,7-9H,4-5H2,1H3. The average Bonchev–Trinajstić information content (AvgIpc) is 3.43. The highest BCUT2D eigenvalue weighted by atomic mass is 32.3. The molecule has 3 aliphatic carbocycles. The summed E-state index contributed by atoms with van der Waals surface area (Å²) in [6.45, 7) is 8.07. The van der Waals surface area contributed by atoms with E-state index in [-0.39, 0.29) is 18.3 Å². The molecule has 4 unspecified atom stereocenters. The number of alkyl halides is 3. The molecule has 3 aliphatic rings. The van der Waals surface area contributed by atoms with Crippen molar-refractivity contribution in [1.29, 1.82) is 0 Å². The highest BCUT2D eigenvalue weighted by molar-refractivity contribution is 8.05. The van der Waals surface area contributed by atoms with Crippen LogP contribution in [0.25, 0.3) is 0 Å². The number of nitrogens with zero attached hydrogens (tertiary/aromatic N) is 1. The van der Waals surface area contributed by atoms with Crippen LogP contribution in [0, 0.1) is 17.8 Å². The molecule has 0 radical (unpaired) electrons. The number of ether oxygens (including phenoxy) is 2. The summed E-state index contributed by atoms with van der Waals surface area (Å²) in [5, 5.41) is -1.33. The second kappa shape index (κ2) is 12.9. The SMILES string of the molecule is C=C(C)C(=O)OC(C)OCCC1CCCCC1.CC(=O)N(S(=O)(=O)C1CC2C=CC1C2)S(=O)(=O)C(F)(F)F. The number of carbonyl (C=O) groups is 2. The van der Waals surface area contributed by atoms with Crippen LogP contribution in [0.3, 0.4) is 0 Å². The lowest BCUT2D eigenvalue weighted by molar-refractivity contribution is -0.170. The molecule has 4 atom stereocenters. The van der Waals surface area contributed by atoms with Gasteiger partial charge in [-0.2, -0.15) is 21.6 Å². The molecular weight excluding hydrogens is 551 g/mol. The summed E-state index contributed by atoms with van der Waals surface area (Å²) in [5.41, 5.74) is -5.45. The fraction of sp³-hybridized carbons (Fsp3) is 0.750. The molecule has 2 fully saturated rings. The third-order valence-electron chi connectivity index (χ3n) is 6.82. The van der Waals surface area contributed by atoms with Crippen LogP contribution in [0.4, 0.5) is 13.2 Å². The van der Waals surface area contributed by atoms with Gasteiger partial charge < -0.3 is 9.47 Å². The van der Waals surface area contributed by atoms with Crippen molar-refractivity contribution >= 4 is 31.9 Å². The molecule has 218 valence electrons. The van der Waals surface area contributed by atoms with Crippen LogP contribution in [-0.4, -0.2) is 56.1 Å². The van der Waals surface area contributed by atoms with E-state index in [0.717, 1.165) is 12.3 Å². The van der Waals surface area contributed by atoms with Crippen LogP contribution in [0.2, 0.25) is 0 Å². The molecule has 9 nitrogen and oxygen atoms in total. The van der Waals surface area contributed by atoms with Crippen molar-refractivity contribution in [3.8, 4) is 0 Å². The Bertz CT molecular complexity index is 1110. The minimum absolute atomic E-state index is 0.0145. The predicted molar refractivity (Wildman–Crippen MR) is 133 cm³/mol. The summed E-state index contributed by atoms with van der Waals surface area (Å²) in [5.74, 6) is -1.95. The summed E-state index contributed by atoms with van der Waals surface area (Å²) >= 11 is 0. The molecule has 2 saturated carbocycles. The van der Waals surface area contributed by atoms with E-state index in [9.17, 15) is 39.6 Å². The maximum atomic E-state index is 12.6. The molecule has 0 N–H and O–H groups in total. The number of rotatable bonds is 9. The second-order valence-corrected chi connectivity index (χ2v) is 14.0. The van der Waals surface area contributed by atoms with Crippen molar-refractivity contribution in [1.82, 2.24) is 3.71 Å². The van der Waals surface area contributed by atoms with Gasteiger partial charge in [0.15, 0.2) is 6.29 Å². The van der Waals surface area contributed by atoms with E-state index in [1.807, 2.05) is 0 Å². The van der Waals surface area contributed by atoms with Crippen LogP contribution in [-0.2, 0) is 39.1 Å². The highest BCUT2D eigenvalue weighted by Gasteiger charge is 2.58. The van der Waals surface area contributed by atoms with Crippen LogP contribution in [0.1, 0.15) is 72.1 Å². The van der Waals surface area contributed by atoms with Crippen LogP contribution >= 0.6 is 0 Å². The molecule has 0 aromatic carbocycles. The fourth-order valence-electron chi connectivity index (χ4n) is 4.94. The summed E-state index contributed by atoms with van der Waals surface area (Å²) < 4.78 is 94.6. The predicted octanol–water partition coefficient (Wildman–Crippen LogP) is 4.42. The maximum Gasteiger partial charge on any atom is 0.517 e. The number of amides is 1. The van der Waals surface area contributed by atoms with E-state index >= 15 is 0 Å². The Kier molecular flexibility index (Phi) is 11.0. The van der Waals surface area contributed by atoms with Gasteiger partial charge >= 0.3 is 21.5 Å². The van der Waals surface area contributed by atoms with Crippen molar-refractivity contribution in [3.63, 3.8) is 0 Å². The van der Waals surface area contributed by atoms with Gasteiger partial charge in [-0.15, -0.1) is 3.71 Å². The van der Waals surface area contributed by atoms with Crippen LogP contribution < -0.4 is 0 Å². The van der Waals surface area contributed by atoms with Gasteiger partial charge in [-0.05, 0) is 50.9 Å². The Morgan fingerprint density at radius 1 is 1.05 bits per heavy atom. The molecule has 0 aliphatic heterocycles. The molecule has 14 heteroatoms. The molecule has 0 heterocycles. The van der Waals surface area contributed by atoms with Gasteiger partial charge in [-0.3, -0.25) is 4.79 Å². The zero-order valence-electron chi connectivity index (χ0n) is 21.8. The third-order valence-corrected chi connectivity index (χ3v) is 11.3. The summed E-state index contributed by atoms with van der Waals surface area (Å²) in [6.07, 6.45) is 11.1. The third kappa shape index (κ3) is 8.04. The molecule has 0 aromatic heterocycles. The number of hydrogen-bond donors (Lipinski definition) is 0. The van der Waals surface area contributed by atoms with E-state index in [1.54, 1.807) is 19.9 Å². The Morgan fingerprint density at radius 2 is 1.66 bits per heavy atom. The highest BCUT2D eigenvalue weighted by Crippen LogP contribution is 2.44. The quantitative estimate of drug-likeness (QED) is 0.168. The van der Waals surface area contributed by atoms with Gasteiger partial charge in [0.1, 0.15) is 0 Å². The molecule has 1 amide bonds. The fourth-order valence-corrected chi connectivity index (χ4v) is 8.88. The summed E-state index contributed by atoms with van der Waals surface area (Å²) in [6, 6.07) is 0. The first-order valence-corrected chi connectivity index (χ1v) is 15.4. The molecule has 38 heavy (non-hydrogen) atoms. The number of hydrogen-bond acceptors (Lipinski definition) is 8. The first kappa shape index (κ1) is 32.3. The van der Waals surface area contributed by atoms with Crippen molar-refractivity contribution < 1.29 is 49.1 Å². The number of sulfonamides is 2. The van der Waals surface area contributed by atoms with E-state index < -0.39 is 52.6 Å². The van der Waals surface area contributed by atoms with Gasteiger partial charge in [-0.1, -0.05) is 50.8 Å². The van der Waals surface area contributed by atoms with Crippen molar-refractivity contribution in [2.75, 3.05) is 6.61 Å². The largest absolute Gasteiger partial charge is 0.517 e. The normalized spacial score (nSPS) is 24.3. The zero-order valence-corrected chi connectivity index (χ0v) is 23.4. The van der Waals surface area contributed by atoms with Crippen molar-refractivity contribution in [2.45, 2.75) is 89.2 Å². The van der Waals surface area contributed by atoms with Crippen molar-refractivity contribution in [3.05, 3.63) is 24.3 Å². The number of allylic oxidation sites excluding steroid dienone is 2. The first-order valence-electron chi connectivity index (χ1n) is 12.5. The smallest absolute Gasteiger partial charge is 0.433 e. The average molecular weight is 588 g/mol. The molecular formula is C24H36F3NO8S2. The van der Waals surface area contributed by atoms with Crippen LogP contribution in [0.5, 0.6) is 0 Å². The van der Waals surface area contributed by atoms with Gasteiger partial charge in [0.05, 0.1) is 11.9 Å². The molecule has 0 saturated heterocycles. The van der Waals surface area contributed by atoms with Gasteiger partial charge in [0.2, 0.25) is 5.91 Å². The van der Waals surface area contributed by atoms with Gasteiger partial charge in [-0.25, -0.2) is 13.2 Å². The Hall–Kier alpha value is -1.93. The zero-order chi connectivity index (χ0) is 28.9. The Morgan fingerprint density at radius 3 is 2.11 bits per heavy atom. The van der Waals surface area contributed by atoms with E-state index in [1.165, 1.54) is 38.2 Å². The first-order chi connectivity index (χ1) is 17.5. The minimum Gasteiger partial charge on any atom is -0.433 e. The lowest BCUT2D eigenvalue weighted by Gasteiger charge is -2.27. The van der Waals surface area contributed by atoms with Crippen LogP contribution in [0.15, 0.2) is 24.3 Å². The van der Waals surface area contributed by atoms with E-state index in [2.05, 4.69) is 6.58 Å². The lowest BCUT2D eigenvalue weighted by atomic mass is 9.87. The van der Waals surface area contributed by atoms with E-state index in [4.69, 9.17) is 9.47 Å². The molecule has 2 bridgehead atoms. The van der Waals surface area contributed by atoms with Crippen molar-refractivity contribution in [2.24, 2.45) is 17.8 Å². The summed E-state index contributed by atoms with van der Waals surface area (Å²) in [4.78, 5) is 22.5. The van der Waals surface area contributed by atoms with Gasteiger partial charge in [0.25, 0.3) is 10.0 Å². The monoisotopic (exact) mass is 587 g/mol. The number of carbonyl (C=O) groups excluding carboxylic acids is 2.